The molecule has 0 aliphatic rings. The molecular weight excluding hydrogens is 254 g/mol. The molecule has 0 aromatic carbocycles. The molecule has 106 valence electrons. The Balaban J connectivity index is 2.06. The third-order valence-corrected chi connectivity index (χ3v) is 2.82. The minimum atomic E-state index is -0.259. The Hall–Kier alpha value is -2.24. The molecule has 6 heteroatoms. The van der Waals surface area contributed by atoms with E-state index in [1.807, 2.05) is 27.7 Å². The number of carbonyl (C=O) groups excluding carboxylic acids is 1. The fourth-order valence-corrected chi connectivity index (χ4v) is 1.64. The van der Waals surface area contributed by atoms with Crippen LogP contribution in [0.4, 0.5) is 5.69 Å². The van der Waals surface area contributed by atoms with Gasteiger partial charge in [0.05, 0.1) is 18.1 Å². The van der Waals surface area contributed by atoms with Gasteiger partial charge in [0.1, 0.15) is 5.82 Å². The summed E-state index contributed by atoms with van der Waals surface area (Å²) < 4.78 is 1.74. The van der Waals surface area contributed by atoms with Crippen LogP contribution in [-0.4, -0.2) is 25.7 Å². The molecular formula is C14H19N5O. The summed E-state index contributed by atoms with van der Waals surface area (Å²) in [6.45, 7) is 8.05. The van der Waals surface area contributed by atoms with Gasteiger partial charge in [-0.3, -0.25) is 9.48 Å². The molecule has 6 nitrogen and oxygen atoms in total. The standard InChI is InChI=1S/C14H19N5O/c1-9(2)13-15-7-11(8-16-13)17-14(20)12-5-6-19(18-12)10(3)4/h5-10H,1-4H3,(H,17,20). The van der Waals surface area contributed by atoms with E-state index in [0.29, 0.717) is 11.4 Å². The van der Waals surface area contributed by atoms with Gasteiger partial charge >= 0.3 is 0 Å². The highest BCUT2D eigenvalue weighted by Crippen LogP contribution is 2.11. The number of anilines is 1. The van der Waals surface area contributed by atoms with E-state index in [-0.39, 0.29) is 17.9 Å². The van der Waals surface area contributed by atoms with Gasteiger partial charge in [-0.2, -0.15) is 5.10 Å². The van der Waals surface area contributed by atoms with Crippen LogP contribution >= 0.6 is 0 Å². The van der Waals surface area contributed by atoms with Gasteiger partial charge in [-0.15, -0.1) is 0 Å². The predicted molar refractivity (Wildman–Crippen MR) is 76.7 cm³/mol. The van der Waals surface area contributed by atoms with Crippen molar-refractivity contribution in [2.75, 3.05) is 5.32 Å². The Bertz CT molecular complexity index is 586. The molecule has 1 amide bonds. The Kier molecular flexibility index (Phi) is 4.12. The van der Waals surface area contributed by atoms with Crippen LogP contribution in [0.25, 0.3) is 0 Å². The average molecular weight is 273 g/mol. The fourth-order valence-electron chi connectivity index (χ4n) is 1.64. The first-order valence-corrected chi connectivity index (χ1v) is 6.66. The Labute approximate surface area is 118 Å². The van der Waals surface area contributed by atoms with Crippen LogP contribution in [0.1, 0.15) is 56.0 Å². The summed E-state index contributed by atoms with van der Waals surface area (Å²) in [4.78, 5) is 20.4. The van der Waals surface area contributed by atoms with Gasteiger partial charge in [0.15, 0.2) is 5.69 Å². The lowest BCUT2D eigenvalue weighted by atomic mass is 10.2. The summed E-state index contributed by atoms with van der Waals surface area (Å²) >= 11 is 0. The molecule has 0 aliphatic heterocycles. The minimum Gasteiger partial charge on any atom is -0.318 e. The molecule has 20 heavy (non-hydrogen) atoms. The highest BCUT2D eigenvalue weighted by Gasteiger charge is 2.11. The van der Waals surface area contributed by atoms with E-state index in [4.69, 9.17) is 0 Å². The summed E-state index contributed by atoms with van der Waals surface area (Å²) in [7, 11) is 0. The van der Waals surface area contributed by atoms with Gasteiger partial charge in [0.2, 0.25) is 0 Å². The van der Waals surface area contributed by atoms with E-state index in [9.17, 15) is 4.79 Å². The highest BCUT2D eigenvalue weighted by atomic mass is 16.1. The van der Waals surface area contributed by atoms with E-state index < -0.39 is 0 Å². The zero-order chi connectivity index (χ0) is 14.7. The van der Waals surface area contributed by atoms with Crippen molar-refractivity contribution < 1.29 is 4.79 Å². The molecule has 2 aromatic rings. The van der Waals surface area contributed by atoms with E-state index in [0.717, 1.165) is 5.82 Å². The summed E-state index contributed by atoms with van der Waals surface area (Å²) in [5, 5.41) is 6.95. The molecule has 0 saturated heterocycles. The first-order valence-electron chi connectivity index (χ1n) is 6.66. The van der Waals surface area contributed by atoms with Crippen molar-refractivity contribution in [2.45, 2.75) is 39.7 Å². The van der Waals surface area contributed by atoms with Gasteiger partial charge in [-0.25, -0.2) is 9.97 Å². The van der Waals surface area contributed by atoms with Crippen LogP contribution in [0.5, 0.6) is 0 Å². The fraction of sp³-hybridized carbons (Fsp3) is 0.429. The van der Waals surface area contributed by atoms with Crippen LogP contribution < -0.4 is 5.32 Å². The van der Waals surface area contributed by atoms with Crippen LogP contribution in [0.3, 0.4) is 0 Å². The second kappa shape index (κ2) is 5.81. The topological polar surface area (TPSA) is 72.7 Å². The largest absolute Gasteiger partial charge is 0.318 e. The Morgan fingerprint density at radius 2 is 1.85 bits per heavy atom. The van der Waals surface area contributed by atoms with Crippen molar-refractivity contribution in [1.82, 2.24) is 19.7 Å². The van der Waals surface area contributed by atoms with Crippen LogP contribution in [0.2, 0.25) is 0 Å². The number of hydrogen-bond acceptors (Lipinski definition) is 4. The monoisotopic (exact) mass is 273 g/mol. The first kappa shape index (κ1) is 14.2. The maximum absolute atomic E-state index is 12.0. The molecule has 0 unspecified atom stereocenters. The number of nitrogens with one attached hydrogen (secondary N) is 1. The van der Waals surface area contributed by atoms with Crippen molar-refractivity contribution >= 4 is 11.6 Å². The predicted octanol–water partition coefficient (Wildman–Crippen LogP) is 2.63. The van der Waals surface area contributed by atoms with Crippen molar-refractivity contribution in [2.24, 2.45) is 0 Å². The maximum Gasteiger partial charge on any atom is 0.276 e. The molecule has 0 atom stereocenters. The summed E-state index contributed by atoms with van der Waals surface area (Å²) in [5.41, 5.74) is 0.949. The quantitative estimate of drug-likeness (QED) is 0.929. The molecule has 2 aromatic heterocycles. The van der Waals surface area contributed by atoms with Gasteiger partial charge < -0.3 is 5.32 Å². The molecule has 0 radical (unpaired) electrons. The SMILES string of the molecule is CC(C)c1ncc(NC(=O)c2ccn(C(C)C)n2)cn1. The third-order valence-electron chi connectivity index (χ3n) is 2.82. The maximum atomic E-state index is 12.0. The van der Waals surface area contributed by atoms with Gasteiger partial charge in [-0.1, -0.05) is 13.8 Å². The van der Waals surface area contributed by atoms with Crippen molar-refractivity contribution in [3.05, 3.63) is 36.2 Å². The molecule has 2 rings (SSSR count). The number of carbonyl (C=O) groups is 1. The summed E-state index contributed by atoms with van der Waals surface area (Å²) in [5.74, 6) is 0.763. The van der Waals surface area contributed by atoms with E-state index >= 15 is 0 Å². The van der Waals surface area contributed by atoms with Crippen LogP contribution in [0, 0.1) is 0 Å². The zero-order valence-electron chi connectivity index (χ0n) is 12.2. The lowest BCUT2D eigenvalue weighted by Gasteiger charge is -2.06. The normalized spacial score (nSPS) is 11.1. The van der Waals surface area contributed by atoms with Gasteiger partial charge in [-0.05, 0) is 19.9 Å². The molecule has 0 spiro atoms. The lowest BCUT2D eigenvalue weighted by molar-refractivity contribution is 0.102. The lowest BCUT2D eigenvalue weighted by Crippen LogP contribution is -2.14. The minimum absolute atomic E-state index is 0.227. The van der Waals surface area contributed by atoms with Crippen molar-refractivity contribution in [3.63, 3.8) is 0 Å². The molecule has 1 N–H and O–H groups in total. The van der Waals surface area contributed by atoms with Crippen molar-refractivity contribution in [3.8, 4) is 0 Å². The smallest absolute Gasteiger partial charge is 0.276 e. The second-order valence-electron chi connectivity index (χ2n) is 5.21. The number of nitrogens with zero attached hydrogens (tertiary/aromatic N) is 4. The van der Waals surface area contributed by atoms with Gasteiger partial charge in [0.25, 0.3) is 5.91 Å². The number of amides is 1. The Morgan fingerprint density at radius 1 is 1.20 bits per heavy atom. The van der Waals surface area contributed by atoms with E-state index in [1.54, 1.807) is 29.3 Å². The molecule has 0 bridgehead atoms. The average Bonchev–Trinajstić information content (AvgIpc) is 2.89. The van der Waals surface area contributed by atoms with Crippen LogP contribution in [-0.2, 0) is 0 Å². The van der Waals surface area contributed by atoms with E-state index in [1.165, 1.54) is 0 Å². The third kappa shape index (κ3) is 3.20. The van der Waals surface area contributed by atoms with Crippen molar-refractivity contribution in [1.29, 1.82) is 0 Å². The van der Waals surface area contributed by atoms with E-state index in [2.05, 4.69) is 20.4 Å². The number of aromatic nitrogens is 4. The molecule has 2 heterocycles. The zero-order valence-corrected chi connectivity index (χ0v) is 12.2. The van der Waals surface area contributed by atoms with Crippen LogP contribution in [0.15, 0.2) is 24.7 Å². The summed E-state index contributed by atoms with van der Waals surface area (Å²) in [6, 6.07) is 1.92. The second-order valence-corrected chi connectivity index (χ2v) is 5.21. The highest BCUT2D eigenvalue weighted by molar-refractivity contribution is 6.02. The molecule has 0 saturated carbocycles. The molecule has 0 aliphatic carbocycles. The number of rotatable bonds is 4. The molecule has 0 fully saturated rings. The Morgan fingerprint density at radius 3 is 2.35 bits per heavy atom. The van der Waals surface area contributed by atoms with Gasteiger partial charge in [0, 0.05) is 18.2 Å². The summed E-state index contributed by atoms with van der Waals surface area (Å²) in [6.07, 6.45) is 5.01. The first-order chi connectivity index (χ1) is 9.47. The number of hydrogen-bond donors (Lipinski definition) is 1.